The van der Waals surface area contributed by atoms with E-state index in [2.05, 4.69) is 11.9 Å². The maximum absolute atomic E-state index is 9.63. The lowest BCUT2D eigenvalue weighted by molar-refractivity contribution is 0.0808. The molecule has 0 aromatic heterocycles. The first-order chi connectivity index (χ1) is 6.20. The first kappa shape index (κ1) is 9.47. The van der Waals surface area contributed by atoms with Crippen LogP contribution in [-0.4, -0.2) is 35.2 Å². The molecule has 0 bridgehead atoms. The van der Waals surface area contributed by atoms with Gasteiger partial charge >= 0.3 is 0 Å². The molecule has 2 rings (SSSR count). The van der Waals surface area contributed by atoms with Crippen LogP contribution in [0.4, 0.5) is 0 Å². The van der Waals surface area contributed by atoms with Crippen molar-refractivity contribution in [1.82, 2.24) is 4.90 Å². The van der Waals surface area contributed by atoms with Gasteiger partial charge in [-0.2, -0.15) is 0 Å². The van der Waals surface area contributed by atoms with Gasteiger partial charge in [-0.3, -0.25) is 4.90 Å². The molecule has 1 N–H and O–H groups in total. The summed E-state index contributed by atoms with van der Waals surface area (Å²) in [5.74, 6) is 0.873. The Labute approximate surface area is 80.9 Å². The Morgan fingerprint density at radius 2 is 2.00 bits per heavy atom. The molecule has 2 nitrogen and oxygen atoms in total. The second-order valence-electron chi connectivity index (χ2n) is 4.82. The average Bonchev–Trinajstić information content (AvgIpc) is 2.45. The van der Waals surface area contributed by atoms with E-state index in [1.165, 1.54) is 32.1 Å². The molecule has 0 aromatic carbocycles. The lowest BCUT2D eigenvalue weighted by Gasteiger charge is -2.31. The number of aliphatic hydroxyl groups is 1. The third kappa shape index (κ3) is 1.62. The molecule has 4 atom stereocenters. The van der Waals surface area contributed by atoms with Crippen LogP contribution in [0.1, 0.15) is 39.0 Å². The predicted octanol–water partition coefficient (Wildman–Crippen LogP) is 1.63. The molecule has 1 aliphatic heterocycles. The predicted molar refractivity (Wildman–Crippen MR) is 53.6 cm³/mol. The maximum atomic E-state index is 9.63. The Hall–Kier alpha value is -0.0800. The molecule has 2 fully saturated rings. The van der Waals surface area contributed by atoms with Crippen LogP contribution in [-0.2, 0) is 0 Å². The first-order valence-corrected chi connectivity index (χ1v) is 5.60. The third-order valence-electron chi connectivity index (χ3n) is 4.02. The summed E-state index contributed by atoms with van der Waals surface area (Å²) in [5.41, 5.74) is 0. The van der Waals surface area contributed by atoms with Crippen LogP contribution < -0.4 is 0 Å². The van der Waals surface area contributed by atoms with Gasteiger partial charge in [0, 0.05) is 12.1 Å². The van der Waals surface area contributed by atoms with Crippen molar-refractivity contribution in [1.29, 1.82) is 0 Å². The van der Waals surface area contributed by atoms with E-state index in [1.807, 2.05) is 6.92 Å². The Balaban J connectivity index is 2.05. The molecule has 0 aromatic rings. The standard InChI is InChI=1S/C11H21NO/c1-8(13)11-7-9-5-3-4-6-10(9)12(11)2/h8-11,13H,3-7H2,1-2H3/t8?,9-,10?,11?/m0/s1. The van der Waals surface area contributed by atoms with Crippen LogP contribution >= 0.6 is 0 Å². The molecule has 3 unspecified atom stereocenters. The minimum absolute atomic E-state index is 0.157. The van der Waals surface area contributed by atoms with Crippen molar-refractivity contribution in [2.75, 3.05) is 7.05 Å². The monoisotopic (exact) mass is 183 g/mol. The molecule has 13 heavy (non-hydrogen) atoms. The summed E-state index contributed by atoms with van der Waals surface area (Å²) in [6.07, 6.45) is 6.59. The van der Waals surface area contributed by atoms with Crippen molar-refractivity contribution in [3.05, 3.63) is 0 Å². The maximum Gasteiger partial charge on any atom is 0.0667 e. The van der Waals surface area contributed by atoms with Gasteiger partial charge in [-0.25, -0.2) is 0 Å². The van der Waals surface area contributed by atoms with E-state index in [0.29, 0.717) is 6.04 Å². The van der Waals surface area contributed by atoms with Crippen LogP contribution in [0.2, 0.25) is 0 Å². The van der Waals surface area contributed by atoms with E-state index in [-0.39, 0.29) is 6.10 Å². The molecule has 1 heterocycles. The van der Waals surface area contributed by atoms with E-state index >= 15 is 0 Å². The second kappa shape index (κ2) is 3.58. The van der Waals surface area contributed by atoms with E-state index < -0.39 is 0 Å². The molecular formula is C11H21NO. The van der Waals surface area contributed by atoms with Gasteiger partial charge < -0.3 is 5.11 Å². The molecule has 1 saturated heterocycles. The highest BCUT2D eigenvalue weighted by Crippen LogP contribution is 2.39. The highest BCUT2D eigenvalue weighted by atomic mass is 16.3. The van der Waals surface area contributed by atoms with Gasteiger partial charge in [-0.1, -0.05) is 12.8 Å². The minimum Gasteiger partial charge on any atom is -0.392 e. The number of rotatable bonds is 1. The number of fused-ring (bicyclic) bond motifs is 1. The fourth-order valence-electron chi connectivity index (χ4n) is 3.26. The van der Waals surface area contributed by atoms with Gasteiger partial charge in [0.15, 0.2) is 0 Å². The minimum atomic E-state index is -0.157. The molecule has 1 aliphatic carbocycles. The van der Waals surface area contributed by atoms with E-state index in [0.717, 1.165) is 12.0 Å². The number of nitrogens with zero attached hydrogens (tertiary/aromatic N) is 1. The van der Waals surface area contributed by atoms with Crippen LogP contribution in [0.5, 0.6) is 0 Å². The van der Waals surface area contributed by atoms with Gasteiger partial charge in [-0.05, 0) is 39.2 Å². The molecule has 0 amide bonds. The van der Waals surface area contributed by atoms with Crippen molar-refractivity contribution in [3.8, 4) is 0 Å². The van der Waals surface area contributed by atoms with Crippen LogP contribution in [0.3, 0.4) is 0 Å². The molecular weight excluding hydrogens is 162 g/mol. The van der Waals surface area contributed by atoms with Crippen molar-refractivity contribution in [2.24, 2.45) is 5.92 Å². The Kier molecular flexibility index (Phi) is 2.61. The van der Waals surface area contributed by atoms with Crippen molar-refractivity contribution in [3.63, 3.8) is 0 Å². The van der Waals surface area contributed by atoms with Gasteiger partial charge in [0.25, 0.3) is 0 Å². The summed E-state index contributed by atoms with van der Waals surface area (Å²) < 4.78 is 0. The largest absolute Gasteiger partial charge is 0.392 e. The van der Waals surface area contributed by atoms with Crippen LogP contribution in [0.15, 0.2) is 0 Å². The summed E-state index contributed by atoms with van der Waals surface area (Å²) in [5, 5.41) is 9.63. The van der Waals surface area contributed by atoms with Gasteiger partial charge in [0.2, 0.25) is 0 Å². The quantitative estimate of drug-likeness (QED) is 0.668. The van der Waals surface area contributed by atoms with Crippen LogP contribution in [0, 0.1) is 5.92 Å². The Morgan fingerprint density at radius 1 is 1.31 bits per heavy atom. The topological polar surface area (TPSA) is 23.5 Å². The average molecular weight is 183 g/mol. The summed E-state index contributed by atoms with van der Waals surface area (Å²) >= 11 is 0. The summed E-state index contributed by atoms with van der Waals surface area (Å²) in [7, 11) is 2.19. The van der Waals surface area contributed by atoms with E-state index in [1.54, 1.807) is 0 Å². The molecule has 0 radical (unpaired) electrons. The summed E-state index contributed by atoms with van der Waals surface area (Å²) in [4.78, 5) is 2.43. The number of likely N-dealkylation sites (N-methyl/N-ethyl adjacent to an activating group) is 1. The fraction of sp³-hybridized carbons (Fsp3) is 1.00. The highest BCUT2D eigenvalue weighted by Gasteiger charge is 2.41. The van der Waals surface area contributed by atoms with E-state index in [4.69, 9.17) is 0 Å². The lowest BCUT2D eigenvalue weighted by atomic mass is 9.84. The molecule has 1 saturated carbocycles. The Bertz CT molecular complexity index is 179. The van der Waals surface area contributed by atoms with Gasteiger partial charge in [0.1, 0.15) is 0 Å². The molecule has 76 valence electrons. The number of aliphatic hydroxyl groups excluding tert-OH is 1. The molecule has 2 heteroatoms. The van der Waals surface area contributed by atoms with E-state index in [9.17, 15) is 5.11 Å². The van der Waals surface area contributed by atoms with Gasteiger partial charge in [0.05, 0.1) is 6.10 Å². The van der Waals surface area contributed by atoms with Gasteiger partial charge in [-0.15, -0.1) is 0 Å². The fourth-order valence-corrected chi connectivity index (χ4v) is 3.26. The number of hydrogen-bond donors (Lipinski definition) is 1. The SMILES string of the molecule is CC(O)C1C[C@@H]2CCCCC2N1C. The summed E-state index contributed by atoms with van der Waals surface area (Å²) in [6.45, 7) is 1.93. The van der Waals surface area contributed by atoms with Crippen molar-refractivity contribution in [2.45, 2.75) is 57.2 Å². The zero-order valence-corrected chi connectivity index (χ0v) is 8.74. The third-order valence-corrected chi connectivity index (χ3v) is 4.02. The molecule has 2 aliphatic rings. The first-order valence-electron chi connectivity index (χ1n) is 5.60. The molecule has 0 spiro atoms. The number of hydrogen-bond acceptors (Lipinski definition) is 2. The normalized spacial score (nSPS) is 43.2. The van der Waals surface area contributed by atoms with Crippen molar-refractivity contribution < 1.29 is 5.11 Å². The summed E-state index contributed by atoms with van der Waals surface area (Å²) in [6, 6.07) is 1.20. The van der Waals surface area contributed by atoms with Crippen LogP contribution in [0.25, 0.3) is 0 Å². The highest BCUT2D eigenvalue weighted by molar-refractivity contribution is 4.95. The zero-order valence-electron chi connectivity index (χ0n) is 8.74. The van der Waals surface area contributed by atoms with Crippen molar-refractivity contribution >= 4 is 0 Å². The second-order valence-corrected chi connectivity index (χ2v) is 4.82. The lowest BCUT2D eigenvalue weighted by Crippen LogP contribution is -2.39. The smallest absolute Gasteiger partial charge is 0.0667 e. The number of likely N-dealkylation sites (tertiary alicyclic amines) is 1. The zero-order chi connectivity index (χ0) is 9.42. The Morgan fingerprint density at radius 3 is 2.62 bits per heavy atom.